The zero-order valence-electron chi connectivity index (χ0n) is 14.1. The Bertz CT molecular complexity index is 807. The first-order valence-electron chi connectivity index (χ1n) is 8.03. The highest BCUT2D eigenvalue weighted by Gasteiger charge is 2.26. The van der Waals surface area contributed by atoms with Gasteiger partial charge in [0, 0.05) is 25.4 Å². The van der Waals surface area contributed by atoms with Crippen molar-refractivity contribution in [2.45, 2.75) is 26.4 Å². The Morgan fingerprint density at radius 3 is 2.84 bits per heavy atom. The number of nitrogens with zero attached hydrogens (tertiary/aromatic N) is 1. The van der Waals surface area contributed by atoms with Gasteiger partial charge in [0.25, 0.3) is 0 Å². The Hall–Kier alpha value is -3.09. The van der Waals surface area contributed by atoms with Gasteiger partial charge in [-0.25, -0.2) is 9.78 Å². The molecule has 0 saturated carbocycles. The van der Waals surface area contributed by atoms with Crippen molar-refractivity contribution in [3.63, 3.8) is 0 Å². The number of aromatic nitrogens is 1. The van der Waals surface area contributed by atoms with Gasteiger partial charge in [-0.15, -0.1) is 0 Å². The molecular formula is C18H20N4O3. The van der Waals surface area contributed by atoms with Crippen LogP contribution in [0.4, 0.5) is 4.79 Å². The van der Waals surface area contributed by atoms with Gasteiger partial charge in [-0.1, -0.05) is 6.07 Å². The molecule has 0 spiro atoms. The van der Waals surface area contributed by atoms with Crippen LogP contribution in [0.3, 0.4) is 0 Å². The average molecular weight is 340 g/mol. The summed E-state index contributed by atoms with van der Waals surface area (Å²) in [4.78, 5) is 27.3. The van der Waals surface area contributed by atoms with Crippen LogP contribution in [0.1, 0.15) is 16.7 Å². The van der Waals surface area contributed by atoms with Crippen molar-refractivity contribution in [2.75, 3.05) is 6.54 Å². The summed E-state index contributed by atoms with van der Waals surface area (Å²) in [5.74, 6) is 0.953. The molecule has 1 saturated heterocycles. The number of benzene rings is 1. The van der Waals surface area contributed by atoms with Crippen molar-refractivity contribution in [3.8, 4) is 11.6 Å². The van der Waals surface area contributed by atoms with Crippen molar-refractivity contribution < 1.29 is 14.3 Å². The molecule has 3 amide bonds. The maximum atomic E-state index is 12.0. The molecule has 25 heavy (non-hydrogen) atoms. The smallest absolute Gasteiger partial charge is 0.315 e. The summed E-state index contributed by atoms with van der Waals surface area (Å²) >= 11 is 0. The molecule has 0 aliphatic carbocycles. The first-order chi connectivity index (χ1) is 12.0. The quantitative estimate of drug-likeness (QED) is 0.774. The number of amides is 3. The van der Waals surface area contributed by atoms with Crippen LogP contribution in [0.15, 0.2) is 36.5 Å². The van der Waals surface area contributed by atoms with E-state index >= 15 is 0 Å². The molecule has 3 N–H and O–H groups in total. The number of pyridine rings is 1. The molecule has 1 aliphatic heterocycles. The molecule has 2 aromatic rings. The SMILES string of the molecule is Cc1ccc(Oc2cc(CNC(=O)[C@@H]3CNC(=O)N3)ccn2)cc1C. The maximum Gasteiger partial charge on any atom is 0.315 e. The van der Waals surface area contributed by atoms with E-state index in [1.807, 2.05) is 32.0 Å². The second-order valence-corrected chi connectivity index (χ2v) is 5.98. The largest absolute Gasteiger partial charge is 0.439 e. The van der Waals surface area contributed by atoms with Gasteiger partial charge in [0.05, 0.1) is 0 Å². The molecule has 0 radical (unpaired) electrons. The summed E-state index contributed by atoms with van der Waals surface area (Å²) in [5.41, 5.74) is 3.21. The van der Waals surface area contributed by atoms with Crippen molar-refractivity contribution in [1.82, 2.24) is 20.9 Å². The minimum Gasteiger partial charge on any atom is -0.439 e. The normalized spacial score (nSPS) is 16.1. The standard InChI is InChI=1S/C18H20N4O3/c1-11-3-4-14(7-12(11)2)25-16-8-13(5-6-19-16)9-20-17(23)15-10-21-18(24)22-15/h3-8,15H,9-10H2,1-2H3,(H,20,23)(H2,21,22,24)/t15-/m0/s1. The van der Waals surface area contributed by atoms with E-state index in [0.29, 0.717) is 19.0 Å². The fraction of sp³-hybridized carbons (Fsp3) is 0.278. The van der Waals surface area contributed by atoms with E-state index in [1.54, 1.807) is 18.3 Å². The molecule has 1 fully saturated rings. The lowest BCUT2D eigenvalue weighted by molar-refractivity contribution is -0.122. The number of aryl methyl sites for hydroxylation is 2. The second-order valence-electron chi connectivity index (χ2n) is 5.98. The van der Waals surface area contributed by atoms with Crippen molar-refractivity contribution in [3.05, 3.63) is 53.2 Å². The van der Waals surface area contributed by atoms with Gasteiger partial charge in [0.2, 0.25) is 11.8 Å². The van der Waals surface area contributed by atoms with E-state index in [-0.39, 0.29) is 11.9 Å². The molecule has 3 rings (SSSR count). The Morgan fingerprint density at radius 2 is 2.12 bits per heavy atom. The zero-order valence-corrected chi connectivity index (χ0v) is 14.1. The van der Waals surface area contributed by atoms with Gasteiger partial charge in [-0.3, -0.25) is 4.79 Å². The highest BCUT2D eigenvalue weighted by atomic mass is 16.5. The summed E-state index contributed by atoms with van der Waals surface area (Å²) in [6.45, 7) is 4.69. The molecule has 0 unspecified atom stereocenters. The first kappa shape index (κ1) is 16.8. The van der Waals surface area contributed by atoms with E-state index in [4.69, 9.17) is 4.74 Å². The van der Waals surface area contributed by atoms with Crippen LogP contribution in [0, 0.1) is 13.8 Å². The van der Waals surface area contributed by atoms with Gasteiger partial charge in [0.1, 0.15) is 11.8 Å². The fourth-order valence-electron chi connectivity index (χ4n) is 2.44. The van der Waals surface area contributed by atoms with Gasteiger partial charge in [-0.2, -0.15) is 0 Å². The number of urea groups is 1. The van der Waals surface area contributed by atoms with E-state index in [0.717, 1.165) is 16.9 Å². The number of rotatable bonds is 5. The number of hydrogen-bond donors (Lipinski definition) is 3. The van der Waals surface area contributed by atoms with E-state index in [2.05, 4.69) is 20.9 Å². The molecule has 1 aliphatic rings. The molecule has 1 aromatic heterocycles. The number of carbonyl (C=O) groups excluding carboxylic acids is 2. The summed E-state index contributed by atoms with van der Waals surface area (Å²) < 4.78 is 5.78. The fourth-order valence-corrected chi connectivity index (χ4v) is 2.44. The highest BCUT2D eigenvalue weighted by Crippen LogP contribution is 2.22. The van der Waals surface area contributed by atoms with Crippen LogP contribution in [-0.2, 0) is 11.3 Å². The molecule has 2 heterocycles. The monoisotopic (exact) mass is 340 g/mol. The van der Waals surface area contributed by atoms with Crippen LogP contribution in [0.5, 0.6) is 11.6 Å². The number of hydrogen-bond acceptors (Lipinski definition) is 4. The lowest BCUT2D eigenvalue weighted by Gasteiger charge is -2.11. The lowest BCUT2D eigenvalue weighted by atomic mass is 10.1. The number of nitrogens with one attached hydrogen (secondary N) is 3. The third-order valence-corrected chi connectivity index (χ3v) is 4.06. The van der Waals surface area contributed by atoms with Crippen molar-refractivity contribution in [1.29, 1.82) is 0 Å². The van der Waals surface area contributed by atoms with Crippen molar-refractivity contribution in [2.24, 2.45) is 0 Å². The lowest BCUT2D eigenvalue weighted by Crippen LogP contribution is -2.42. The first-order valence-corrected chi connectivity index (χ1v) is 8.03. The summed E-state index contributed by atoms with van der Waals surface area (Å²) in [6.07, 6.45) is 1.64. The van der Waals surface area contributed by atoms with Gasteiger partial charge >= 0.3 is 6.03 Å². The average Bonchev–Trinajstić information content (AvgIpc) is 3.03. The molecule has 7 nitrogen and oxygen atoms in total. The van der Waals surface area contributed by atoms with Crippen LogP contribution in [-0.4, -0.2) is 29.5 Å². The Balaban J connectivity index is 1.60. The Kier molecular flexibility index (Phi) is 4.83. The van der Waals surface area contributed by atoms with E-state index < -0.39 is 6.04 Å². The van der Waals surface area contributed by atoms with Crippen LogP contribution < -0.4 is 20.7 Å². The highest BCUT2D eigenvalue weighted by molar-refractivity contribution is 5.90. The van der Waals surface area contributed by atoms with Gasteiger partial charge < -0.3 is 20.7 Å². The molecular weight excluding hydrogens is 320 g/mol. The summed E-state index contributed by atoms with van der Waals surface area (Å²) in [7, 11) is 0. The predicted molar refractivity (Wildman–Crippen MR) is 92.4 cm³/mol. The third kappa shape index (κ3) is 4.26. The second kappa shape index (κ2) is 7.21. The third-order valence-electron chi connectivity index (χ3n) is 4.06. The minimum absolute atomic E-state index is 0.230. The van der Waals surface area contributed by atoms with E-state index in [1.165, 1.54) is 5.56 Å². The number of ether oxygens (including phenoxy) is 1. The minimum atomic E-state index is -0.541. The Morgan fingerprint density at radius 1 is 1.28 bits per heavy atom. The molecule has 1 aromatic carbocycles. The van der Waals surface area contributed by atoms with Crippen LogP contribution >= 0.6 is 0 Å². The van der Waals surface area contributed by atoms with Crippen LogP contribution in [0.25, 0.3) is 0 Å². The topological polar surface area (TPSA) is 92.4 Å². The van der Waals surface area contributed by atoms with E-state index in [9.17, 15) is 9.59 Å². The van der Waals surface area contributed by atoms with Crippen molar-refractivity contribution >= 4 is 11.9 Å². The van der Waals surface area contributed by atoms with Gasteiger partial charge in [0.15, 0.2) is 0 Å². The molecule has 7 heteroatoms. The summed E-state index contributed by atoms with van der Waals surface area (Å²) in [6, 6.07) is 8.57. The van der Waals surface area contributed by atoms with Crippen LogP contribution in [0.2, 0.25) is 0 Å². The molecule has 1 atom stereocenters. The number of carbonyl (C=O) groups is 2. The molecule has 130 valence electrons. The molecule has 0 bridgehead atoms. The maximum absolute atomic E-state index is 12.0. The predicted octanol–water partition coefficient (Wildman–Crippen LogP) is 1.79. The zero-order chi connectivity index (χ0) is 17.8. The summed E-state index contributed by atoms with van der Waals surface area (Å²) in [5, 5.41) is 7.89. The van der Waals surface area contributed by atoms with Gasteiger partial charge in [-0.05, 0) is 48.7 Å². The Labute approximate surface area is 145 Å².